The van der Waals surface area contributed by atoms with E-state index in [4.69, 9.17) is 0 Å². The topological polar surface area (TPSA) is 64.6 Å². The summed E-state index contributed by atoms with van der Waals surface area (Å²) in [5.74, 6) is 0.595. The third-order valence-electron chi connectivity index (χ3n) is 4.79. The van der Waals surface area contributed by atoms with E-state index in [-0.39, 0.29) is 6.03 Å². The van der Waals surface area contributed by atoms with E-state index in [1.165, 1.54) is 25.8 Å². The molecular weight excluding hydrogens is 242 g/mol. The van der Waals surface area contributed by atoms with Crippen LogP contribution in [0.25, 0.3) is 0 Å². The first-order valence-electron chi connectivity index (χ1n) is 7.63. The minimum Gasteiger partial charge on any atom is -0.388 e. The van der Waals surface area contributed by atoms with Gasteiger partial charge in [0.2, 0.25) is 0 Å². The second kappa shape index (κ2) is 5.29. The van der Waals surface area contributed by atoms with E-state index in [9.17, 15) is 9.90 Å². The van der Waals surface area contributed by atoms with Crippen molar-refractivity contribution in [2.24, 2.45) is 5.92 Å². The monoisotopic (exact) mass is 267 g/mol. The summed E-state index contributed by atoms with van der Waals surface area (Å²) in [6.45, 7) is 3.47. The van der Waals surface area contributed by atoms with E-state index in [2.05, 4.69) is 15.5 Å². The van der Waals surface area contributed by atoms with Gasteiger partial charge in [0.15, 0.2) is 0 Å². The van der Waals surface area contributed by atoms with Crippen molar-refractivity contribution in [3.05, 3.63) is 0 Å². The first-order valence-corrected chi connectivity index (χ1v) is 7.63. The Balaban J connectivity index is 1.30. The predicted molar refractivity (Wildman–Crippen MR) is 72.9 cm³/mol. The third kappa shape index (κ3) is 3.39. The molecule has 5 nitrogen and oxygen atoms in total. The zero-order chi connectivity index (χ0) is 13.3. The summed E-state index contributed by atoms with van der Waals surface area (Å²) in [7, 11) is 0. The van der Waals surface area contributed by atoms with Gasteiger partial charge >= 0.3 is 6.03 Å². The van der Waals surface area contributed by atoms with Crippen LogP contribution in [0.5, 0.6) is 0 Å². The fourth-order valence-electron chi connectivity index (χ4n) is 3.11. The second-order valence-corrected chi connectivity index (χ2v) is 6.52. The SMILES string of the molecule is O=C(NCC1CCN(C2CC2)C1)NCC1(O)CCC1. The molecule has 3 fully saturated rings. The van der Waals surface area contributed by atoms with E-state index in [1.54, 1.807) is 0 Å². The lowest BCUT2D eigenvalue weighted by Crippen LogP contribution is -2.50. The van der Waals surface area contributed by atoms with Crippen LogP contribution >= 0.6 is 0 Å². The number of likely N-dealkylation sites (tertiary alicyclic amines) is 1. The molecule has 0 aromatic carbocycles. The number of rotatable bonds is 5. The standard InChI is InChI=1S/C14H25N3O2/c18-13(16-10-14(19)5-1-6-14)15-8-11-4-7-17(9-11)12-2-3-12/h11-12,19H,1-10H2,(H2,15,16,18). The molecule has 0 bridgehead atoms. The van der Waals surface area contributed by atoms with Gasteiger partial charge in [0.1, 0.15) is 0 Å². The number of hydrogen-bond donors (Lipinski definition) is 3. The maximum Gasteiger partial charge on any atom is 0.314 e. The van der Waals surface area contributed by atoms with Gasteiger partial charge in [-0.3, -0.25) is 0 Å². The van der Waals surface area contributed by atoms with Crippen molar-refractivity contribution >= 4 is 6.03 Å². The molecule has 3 N–H and O–H groups in total. The molecule has 5 heteroatoms. The summed E-state index contributed by atoms with van der Waals surface area (Å²) in [5.41, 5.74) is -0.631. The largest absolute Gasteiger partial charge is 0.388 e. The van der Waals surface area contributed by atoms with Gasteiger partial charge in [-0.1, -0.05) is 0 Å². The second-order valence-electron chi connectivity index (χ2n) is 6.52. The van der Waals surface area contributed by atoms with E-state index in [1.807, 2.05) is 0 Å². The van der Waals surface area contributed by atoms with Gasteiger partial charge < -0.3 is 20.6 Å². The van der Waals surface area contributed by atoms with Crippen LogP contribution in [0.2, 0.25) is 0 Å². The maximum absolute atomic E-state index is 11.7. The Kier molecular flexibility index (Phi) is 3.67. The van der Waals surface area contributed by atoms with Crippen LogP contribution in [-0.2, 0) is 0 Å². The number of carbonyl (C=O) groups excluding carboxylic acids is 1. The highest BCUT2D eigenvalue weighted by Gasteiger charge is 2.35. The molecule has 3 aliphatic rings. The Hall–Kier alpha value is -0.810. The van der Waals surface area contributed by atoms with Gasteiger partial charge in [0, 0.05) is 25.7 Å². The molecule has 3 rings (SSSR count). The molecule has 0 radical (unpaired) electrons. The number of carbonyl (C=O) groups is 1. The van der Waals surface area contributed by atoms with Gasteiger partial charge in [-0.2, -0.15) is 0 Å². The molecule has 1 atom stereocenters. The molecule has 1 unspecified atom stereocenters. The summed E-state index contributed by atoms with van der Waals surface area (Å²) in [5, 5.41) is 15.6. The minimum absolute atomic E-state index is 0.134. The van der Waals surface area contributed by atoms with Gasteiger partial charge in [-0.15, -0.1) is 0 Å². The number of nitrogens with one attached hydrogen (secondary N) is 2. The van der Waals surface area contributed by atoms with Crippen LogP contribution in [0.3, 0.4) is 0 Å². The zero-order valence-electron chi connectivity index (χ0n) is 11.5. The summed E-state index contributed by atoms with van der Waals surface area (Å²) < 4.78 is 0. The molecule has 0 aromatic rings. The number of nitrogens with zero attached hydrogens (tertiary/aromatic N) is 1. The van der Waals surface area contributed by atoms with Gasteiger partial charge in [0.05, 0.1) is 5.60 Å². The third-order valence-corrected chi connectivity index (χ3v) is 4.79. The Bertz CT molecular complexity index is 340. The number of aliphatic hydroxyl groups is 1. The molecule has 108 valence electrons. The molecule has 2 amide bonds. The van der Waals surface area contributed by atoms with E-state index >= 15 is 0 Å². The van der Waals surface area contributed by atoms with Crippen molar-refractivity contribution in [3.63, 3.8) is 0 Å². The molecule has 19 heavy (non-hydrogen) atoms. The molecule has 1 heterocycles. The van der Waals surface area contributed by atoms with Crippen LogP contribution in [0.4, 0.5) is 4.79 Å². The minimum atomic E-state index is -0.631. The summed E-state index contributed by atoms with van der Waals surface area (Å²) in [4.78, 5) is 14.2. The van der Waals surface area contributed by atoms with Gasteiger partial charge in [-0.05, 0) is 51.0 Å². The first-order chi connectivity index (χ1) is 9.15. The van der Waals surface area contributed by atoms with Crippen LogP contribution < -0.4 is 10.6 Å². The predicted octanol–water partition coefficient (Wildman–Crippen LogP) is 0.685. The average Bonchev–Trinajstić information content (AvgIpc) is 3.11. The highest BCUT2D eigenvalue weighted by atomic mass is 16.3. The van der Waals surface area contributed by atoms with Crippen LogP contribution in [-0.4, -0.2) is 53.9 Å². The Labute approximate surface area is 114 Å². The van der Waals surface area contributed by atoms with Crippen molar-refractivity contribution in [1.82, 2.24) is 15.5 Å². The molecule has 2 saturated carbocycles. The lowest BCUT2D eigenvalue weighted by atomic mass is 9.80. The smallest absolute Gasteiger partial charge is 0.314 e. The van der Waals surface area contributed by atoms with E-state index in [0.717, 1.165) is 38.4 Å². The number of hydrogen-bond acceptors (Lipinski definition) is 3. The van der Waals surface area contributed by atoms with Crippen molar-refractivity contribution in [1.29, 1.82) is 0 Å². The lowest BCUT2D eigenvalue weighted by molar-refractivity contribution is -0.0290. The quantitative estimate of drug-likeness (QED) is 0.686. The van der Waals surface area contributed by atoms with E-state index in [0.29, 0.717) is 12.5 Å². The molecule has 0 spiro atoms. The van der Waals surface area contributed by atoms with E-state index < -0.39 is 5.60 Å². The van der Waals surface area contributed by atoms with Crippen molar-refractivity contribution in [2.75, 3.05) is 26.2 Å². The van der Waals surface area contributed by atoms with Gasteiger partial charge in [0.25, 0.3) is 0 Å². The molecule has 0 aromatic heterocycles. The molecule has 1 aliphatic heterocycles. The van der Waals surface area contributed by atoms with Crippen LogP contribution in [0, 0.1) is 5.92 Å². The highest BCUT2D eigenvalue weighted by Crippen LogP contribution is 2.31. The lowest BCUT2D eigenvalue weighted by Gasteiger charge is -2.36. The summed E-state index contributed by atoms with van der Waals surface area (Å²) in [6.07, 6.45) is 6.61. The molecule has 2 aliphatic carbocycles. The summed E-state index contributed by atoms with van der Waals surface area (Å²) in [6, 6.07) is 0.705. The molecular formula is C14H25N3O2. The Morgan fingerprint density at radius 1 is 1.26 bits per heavy atom. The Morgan fingerprint density at radius 3 is 2.68 bits per heavy atom. The van der Waals surface area contributed by atoms with Crippen molar-refractivity contribution < 1.29 is 9.90 Å². The number of amides is 2. The first kappa shape index (κ1) is 13.2. The fraction of sp³-hybridized carbons (Fsp3) is 0.929. The Morgan fingerprint density at radius 2 is 2.05 bits per heavy atom. The number of urea groups is 1. The zero-order valence-corrected chi connectivity index (χ0v) is 11.5. The normalized spacial score (nSPS) is 29.8. The molecule has 1 saturated heterocycles. The summed E-state index contributed by atoms with van der Waals surface area (Å²) >= 11 is 0. The fourth-order valence-corrected chi connectivity index (χ4v) is 3.11. The van der Waals surface area contributed by atoms with Crippen molar-refractivity contribution in [3.8, 4) is 0 Å². The highest BCUT2D eigenvalue weighted by molar-refractivity contribution is 5.73. The average molecular weight is 267 g/mol. The van der Waals surface area contributed by atoms with Crippen LogP contribution in [0.1, 0.15) is 38.5 Å². The maximum atomic E-state index is 11.7. The van der Waals surface area contributed by atoms with Crippen LogP contribution in [0.15, 0.2) is 0 Å². The van der Waals surface area contributed by atoms with Crippen molar-refractivity contribution in [2.45, 2.75) is 50.2 Å². The van der Waals surface area contributed by atoms with Gasteiger partial charge in [-0.25, -0.2) is 4.79 Å².